The minimum absolute atomic E-state index is 0.0561. The summed E-state index contributed by atoms with van der Waals surface area (Å²) in [5.74, 6) is 0.995. The van der Waals surface area contributed by atoms with Crippen molar-refractivity contribution in [1.29, 1.82) is 0 Å². The molecular weight excluding hydrogens is 222 g/mol. The van der Waals surface area contributed by atoms with E-state index in [0.717, 1.165) is 30.5 Å². The topological polar surface area (TPSA) is 37.0 Å². The lowest BCUT2D eigenvalue weighted by molar-refractivity contribution is 0.628. The van der Waals surface area contributed by atoms with E-state index < -0.39 is 0 Å². The van der Waals surface area contributed by atoms with Crippen LogP contribution in [-0.2, 0) is 13.0 Å². The van der Waals surface area contributed by atoms with Crippen molar-refractivity contribution in [3.63, 3.8) is 0 Å². The van der Waals surface area contributed by atoms with Crippen LogP contribution in [0.15, 0.2) is 12.1 Å². The maximum Gasteiger partial charge on any atom is 0.126 e. The van der Waals surface area contributed by atoms with Gasteiger partial charge in [-0.25, -0.2) is 4.98 Å². The molecule has 0 spiro atoms. The third kappa shape index (κ3) is 4.30. The number of anilines is 1. The van der Waals surface area contributed by atoms with E-state index in [9.17, 15) is 0 Å². The summed E-state index contributed by atoms with van der Waals surface area (Å²) in [5.41, 5.74) is 2.55. The van der Waals surface area contributed by atoms with Gasteiger partial charge in [-0.15, -0.1) is 0 Å². The molecule has 0 atom stereocenters. The molecule has 3 nitrogen and oxygen atoms in total. The van der Waals surface area contributed by atoms with Gasteiger partial charge >= 0.3 is 0 Å². The van der Waals surface area contributed by atoms with Crippen molar-refractivity contribution in [1.82, 2.24) is 10.3 Å². The highest BCUT2D eigenvalue weighted by Crippen LogP contribution is 2.20. The number of nitrogens with zero attached hydrogens (tertiary/aromatic N) is 1. The van der Waals surface area contributed by atoms with Crippen molar-refractivity contribution in [3.8, 4) is 0 Å². The van der Waals surface area contributed by atoms with Crippen LogP contribution >= 0.6 is 0 Å². The van der Waals surface area contributed by atoms with Gasteiger partial charge in [0.05, 0.1) is 0 Å². The fourth-order valence-corrected chi connectivity index (χ4v) is 1.93. The molecule has 0 saturated heterocycles. The van der Waals surface area contributed by atoms with Crippen LogP contribution in [0.3, 0.4) is 0 Å². The van der Waals surface area contributed by atoms with E-state index in [1.165, 1.54) is 18.4 Å². The number of aryl methyl sites for hydroxylation is 1. The predicted octanol–water partition coefficient (Wildman–Crippen LogP) is 3.11. The summed E-state index contributed by atoms with van der Waals surface area (Å²) in [5, 5.41) is 7.02. The summed E-state index contributed by atoms with van der Waals surface area (Å²) < 4.78 is 0. The number of hydrogen-bond donors (Lipinski definition) is 2. The molecule has 1 saturated carbocycles. The van der Waals surface area contributed by atoms with Crippen molar-refractivity contribution in [2.24, 2.45) is 0 Å². The number of rotatable bonds is 5. The molecule has 0 radical (unpaired) electrons. The first kappa shape index (κ1) is 13.3. The maximum absolute atomic E-state index is 4.64. The lowest BCUT2D eigenvalue weighted by Crippen LogP contribution is -2.27. The minimum Gasteiger partial charge on any atom is -0.365 e. The van der Waals surface area contributed by atoms with Crippen LogP contribution in [0.5, 0.6) is 0 Å². The van der Waals surface area contributed by atoms with E-state index in [4.69, 9.17) is 0 Å². The Hall–Kier alpha value is -1.09. The predicted molar refractivity (Wildman–Crippen MR) is 76.9 cm³/mol. The Morgan fingerprint density at radius 2 is 2.00 bits per heavy atom. The van der Waals surface area contributed by atoms with Crippen LogP contribution in [-0.4, -0.2) is 16.6 Å². The minimum atomic E-state index is 0.0561. The second-order valence-corrected chi connectivity index (χ2v) is 6.24. The molecule has 18 heavy (non-hydrogen) atoms. The first-order valence-electron chi connectivity index (χ1n) is 6.97. The van der Waals surface area contributed by atoms with Gasteiger partial charge in [0.1, 0.15) is 5.82 Å². The van der Waals surface area contributed by atoms with Gasteiger partial charge in [-0.1, -0.05) is 6.92 Å². The van der Waals surface area contributed by atoms with Crippen LogP contribution in [0, 0.1) is 0 Å². The molecule has 100 valence electrons. The molecule has 1 aliphatic carbocycles. The zero-order valence-electron chi connectivity index (χ0n) is 12.0. The monoisotopic (exact) mass is 247 g/mol. The van der Waals surface area contributed by atoms with E-state index in [2.05, 4.69) is 55.4 Å². The molecule has 1 heterocycles. The van der Waals surface area contributed by atoms with Gasteiger partial charge in [0, 0.05) is 23.8 Å². The standard InChI is InChI=1S/C15H25N3/c1-5-12-8-11(10-16-13-6-7-13)9-14(17-12)18-15(2,3)4/h8-9,13,16H,5-7,10H2,1-4H3,(H,17,18). The number of nitrogens with one attached hydrogen (secondary N) is 2. The Morgan fingerprint density at radius 3 is 2.56 bits per heavy atom. The van der Waals surface area contributed by atoms with Crippen molar-refractivity contribution in [2.75, 3.05) is 5.32 Å². The van der Waals surface area contributed by atoms with Gasteiger partial charge in [0.15, 0.2) is 0 Å². The zero-order chi connectivity index (χ0) is 13.2. The van der Waals surface area contributed by atoms with Crippen LogP contribution in [0.2, 0.25) is 0 Å². The molecule has 1 fully saturated rings. The zero-order valence-corrected chi connectivity index (χ0v) is 12.0. The van der Waals surface area contributed by atoms with E-state index in [-0.39, 0.29) is 5.54 Å². The highest BCUT2D eigenvalue weighted by molar-refractivity contribution is 5.41. The van der Waals surface area contributed by atoms with Crippen molar-refractivity contribution in [3.05, 3.63) is 23.4 Å². The molecule has 1 aliphatic rings. The van der Waals surface area contributed by atoms with Gasteiger partial charge in [-0.05, 0) is 57.7 Å². The van der Waals surface area contributed by atoms with Gasteiger partial charge in [0.25, 0.3) is 0 Å². The molecule has 0 unspecified atom stereocenters. The number of aromatic nitrogens is 1. The van der Waals surface area contributed by atoms with Gasteiger partial charge in [-0.3, -0.25) is 0 Å². The molecule has 2 N–H and O–H groups in total. The van der Waals surface area contributed by atoms with E-state index >= 15 is 0 Å². The Balaban J connectivity index is 2.09. The van der Waals surface area contributed by atoms with Crippen molar-refractivity contribution >= 4 is 5.82 Å². The normalized spacial score (nSPS) is 15.8. The smallest absolute Gasteiger partial charge is 0.126 e. The first-order valence-corrected chi connectivity index (χ1v) is 6.97. The van der Waals surface area contributed by atoms with E-state index in [1.807, 2.05) is 0 Å². The third-order valence-electron chi connectivity index (χ3n) is 2.98. The Labute approximate surface area is 110 Å². The molecule has 2 rings (SSSR count). The Kier molecular flexibility index (Phi) is 3.91. The molecule has 1 aromatic heterocycles. The molecule has 0 amide bonds. The second-order valence-electron chi connectivity index (χ2n) is 6.24. The van der Waals surface area contributed by atoms with Gasteiger partial charge in [-0.2, -0.15) is 0 Å². The van der Waals surface area contributed by atoms with Crippen LogP contribution in [0.4, 0.5) is 5.82 Å². The van der Waals surface area contributed by atoms with Crippen LogP contribution in [0.25, 0.3) is 0 Å². The van der Waals surface area contributed by atoms with Gasteiger partial charge in [0.2, 0.25) is 0 Å². The summed E-state index contributed by atoms with van der Waals surface area (Å²) >= 11 is 0. The SMILES string of the molecule is CCc1cc(CNC2CC2)cc(NC(C)(C)C)n1. The molecule has 0 bridgehead atoms. The summed E-state index contributed by atoms with van der Waals surface area (Å²) in [6.45, 7) is 9.60. The molecule has 1 aromatic rings. The first-order chi connectivity index (χ1) is 8.46. The van der Waals surface area contributed by atoms with E-state index in [0.29, 0.717) is 0 Å². The Morgan fingerprint density at radius 1 is 1.28 bits per heavy atom. The largest absolute Gasteiger partial charge is 0.365 e. The Bertz CT molecular complexity index is 403. The third-order valence-corrected chi connectivity index (χ3v) is 2.98. The summed E-state index contributed by atoms with van der Waals surface area (Å²) in [6, 6.07) is 5.13. The molecule has 3 heteroatoms. The van der Waals surface area contributed by atoms with Crippen LogP contribution < -0.4 is 10.6 Å². The molecule has 0 aliphatic heterocycles. The van der Waals surface area contributed by atoms with Crippen molar-refractivity contribution < 1.29 is 0 Å². The van der Waals surface area contributed by atoms with Gasteiger partial charge < -0.3 is 10.6 Å². The lowest BCUT2D eigenvalue weighted by Gasteiger charge is -2.22. The van der Waals surface area contributed by atoms with Crippen molar-refractivity contribution in [2.45, 2.75) is 65.1 Å². The lowest BCUT2D eigenvalue weighted by atomic mass is 10.1. The highest BCUT2D eigenvalue weighted by atomic mass is 15.0. The summed E-state index contributed by atoms with van der Waals surface area (Å²) in [4.78, 5) is 4.64. The van der Waals surface area contributed by atoms with Crippen LogP contribution in [0.1, 0.15) is 51.8 Å². The summed E-state index contributed by atoms with van der Waals surface area (Å²) in [7, 11) is 0. The average Bonchev–Trinajstić information content (AvgIpc) is 3.07. The summed E-state index contributed by atoms with van der Waals surface area (Å²) in [6.07, 6.45) is 3.65. The second kappa shape index (κ2) is 5.27. The molecule has 0 aromatic carbocycles. The number of pyridine rings is 1. The average molecular weight is 247 g/mol. The number of hydrogen-bond acceptors (Lipinski definition) is 3. The van der Waals surface area contributed by atoms with E-state index in [1.54, 1.807) is 0 Å². The highest BCUT2D eigenvalue weighted by Gasteiger charge is 2.20. The fourth-order valence-electron chi connectivity index (χ4n) is 1.93. The fraction of sp³-hybridized carbons (Fsp3) is 0.667. The maximum atomic E-state index is 4.64. The quantitative estimate of drug-likeness (QED) is 0.839. The molecular formula is C15H25N3.